The number of aromatic nitrogens is 4. The minimum atomic E-state index is 0.779. The van der Waals surface area contributed by atoms with Crippen molar-refractivity contribution in [2.45, 2.75) is 6.54 Å². The number of hydrogen-bond acceptors (Lipinski definition) is 2. The van der Waals surface area contributed by atoms with Crippen molar-refractivity contribution in [2.24, 2.45) is 0 Å². The van der Waals surface area contributed by atoms with E-state index in [-0.39, 0.29) is 0 Å². The highest BCUT2D eigenvalue weighted by molar-refractivity contribution is 9.10. The molecule has 0 spiro atoms. The Morgan fingerprint density at radius 1 is 1.09 bits per heavy atom. The fourth-order valence-electron chi connectivity index (χ4n) is 2.60. The standard InChI is InChI=1S/C17H13BrN4/c18-13-6-7-14-15(10-13)20-21-16(14)17-19-8-9-22(17)11-12-4-2-1-3-5-12/h1-10H,11H2,(H,20,21). The van der Waals surface area contributed by atoms with E-state index < -0.39 is 0 Å². The average Bonchev–Trinajstić information content (AvgIpc) is 3.14. The van der Waals surface area contributed by atoms with Gasteiger partial charge in [-0.15, -0.1) is 0 Å². The first-order chi connectivity index (χ1) is 10.8. The van der Waals surface area contributed by atoms with Gasteiger partial charge in [0.1, 0.15) is 5.69 Å². The van der Waals surface area contributed by atoms with E-state index in [1.807, 2.05) is 42.7 Å². The van der Waals surface area contributed by atoms with Crippen molar-refractivity contribution in [3.8, 4) is 11.5 Å². The second-order valence-electron chi connectivity index (χ2n) is 5.13. The predicted molar refractivity (Wildman–Crippen MR) is 90.6 cm³/mol. The Morgan fingerprint density at radius 2 is 1.95 bits per heavy atom. The zero-order valence-corrected chi connectivity index (χ0v) is 13.3. The van der Waals surface area contributed by atoms with Crippen molar-refractivity contribution in [3.63, 3.8) is 0 Å². The summed E-state index contributed by atoms with van der Waals surface area (Å²) in [5.41, 5.74) is 3.12. The van der Waals surface area contributed by atoms with Gasteiger partial charge in [0.2, 0.25) is 0 Å². The van der Waals surface area contributed by atoms with Crippen LogP contribution in [-0.4, -0.2) is 19.7 Å². The molecule has 0 saturated carbocycles. The maximum atomic E-state index is 4.50. The molecule has 0 amide bonds. The van der Waals surface area contributed by atoms with Crippen LogP contribution in [0.5, 0.6) is 0 Å². The molecule has 2 heterocycles. The monoisotopic (exact) mass is 352 g/mol. The number of H-pyrrole nitrogens is 1. The van der Waals surface area contributed by atoms with Gasteiger partial charge >= 0.3 is 0 Å². The molecule has 4 aromatic rings. The topological polar surface area (TPSA) is 46.5 Å². The fraction of sp³-hybridized carbons (Fsp3) is 0.0588. The van der Waals surface area contributed by atoms with Gasteiger partial charge < -0.3 is 4.57 Å². The molecule has 0 bridgehead atoms. The molecule has 1 N–H and O–H groups in total. The minimum Gasteiger partial charge on any atom is -0.325 e. The number of halogens is 1. The zero-order chi connectivity index (χ0) is 14.9. The Bertz CT molecular complexity index is 924. The van der Waals surface area contributed by atoms with Crippen molar-refractivity contribution in [1.82, 2.24) is 19.7 Å². The van der Waals surface area contributed by atoms with E-state index in [0.717, 1.165) is 33.4 Å². The van der Waals surface area contributed by atoms with Crippen molar-refractivity contribution >= 4 is 26.8 Å². The van der Waals surface area contributed by atoms with Crippen LogP contribution in [0, 0.1) is 0 Å². The van der Waals surface area contributed by atoms with Crippen LogP contribution in [0.4, 0.5) is 0 Å². The molecule has 0 unspecified atom stereocenters. The molecule has 5 heteroatoms. The van der Waals surface area contributed by atoms with Crippen molar-refractivity contribution in [2.75, 3.05) is 0 Å². The molecule has 2 aromatic carbocycles. The number of aromatic amines is 1. The predicted octanol–water partition coefficient (Wildman–Crippen LogP) is 4.24. The summed E-state index contributed by atoms with van der Waals surface area (Å²) >= 11 is 3.48. The summed E-state index contributed by atoms with van der Waals surface area (Å²) in [5, 5.41) is 8.60. The number of benzene rings is 2. The van der Waals surface area contributed by atoms with Crippen molar-refractivity contribution in [1.29, 1.82) is 0 Å². The normalized spacial score (nSPS) is 11.1. The highest BCUT2D eigenvalue weighted by Gasteiger charge is 2.13. The van der Waals surface area contributed by atoms with E-state index in [1.54, 1.807) is 0 Å². The molecular formula is C17H13BrN4. The first-order valence-electron chi connectivity index (χ1n) is 7.00. The molecule has 108 valence electrons. The van der Waals surface area contributed by atoms with Gasteiger partial charge in [0.25, 0.3) is 0 Å². The average molecular weight is 353 g/mol. The number of fused-ring (bicyclic) bond motifs is 1. The van der Waals surface area contributed by atoms with E-state index in [9.17, 15) is 0 Å². The molecule has 0 saturated heterocycles. The summed E-state index contributed by atoms with van der Waals surface area (Å²) in [6.45, 7) is 0.779. The van der Waals surface area contributed by atoms with Gasteiger partial charge in [-0.1, -0.05) is 46.3 Å². The summed E-state index contributed by atoms with van der Waals surface area (Å²) in [6, 6.07) is 16.5. The lowest BCUT2D eigenvalue weighted by atomic mass is 10.2. The minimum absolute atomic E-state index is 0.779. The summed E-state index contributed by atoms with van der Waals surface area (Å²) in [5.74, 6) is 0.873. The van der Waals surface area contributed by atoms with Crippen LogP contribution in [0.3, 0.4) is 0 Å². The van der Waals surface area contributed by atoms with Crippen LogP contribution in [0.2, 0.25) is 0 Å². The molecule has 0 aliphatic rings. The van der Waals surface area contributed by atoms with Gasteiger partial charge in [0, 0.05) is 28.8 Å². The molecule has 0 aliphatic carbocycles. The van der Waals surface area contributed by atoms with Crippen LogP contribution >= 0.6 is 15.9 Å². The molecule has 0 aliphatic heterocycles. The summed E-state index contributed by atoms with van der Waals surface area (Å²) in [4.78, 5) is 4.50. The van der Waals surface area contributed by atoms with Crippen molar-refractivity contribution in [3.05, 3.63) is 71.0 Å². The quantitative estimate of drug-likeness (QED) is 0.599. The first-order valence-corrected chi connectivity index (χ1v) is 7.79. The maximum Gasteiger partial charge on any atom is 0.161 e. The van der Waals surface area contributed by atoms with Crippen LogP contribution < -0.4 is 0 Å². The van der Waals surface area contributed by atoms with Gasteiger partial charge in [-0.3, -0.25) is 5.10 Å². The van der Waals surface area contributed by atoms with Gasteiger partial charge in [0.05, 0.1) is 5.52 Å². The lowest BCUT2D eigenvalue weighted by molar-refractivity contribution is 0.803. The highest BCUT2D eigenvalue weighted by atomic mass is 79.9. The SMILES string of the molecule is Brc1ccc2c(-c3nccn3Cc3ccccc3)n[nH]c2c1. The van der Waals surface area contributed by atoms with E-state index in [4.69, 9.17) is 0 Å². The third-order valence-corrected chi connectivity index (χ3v) is 4.14. The van der Waals surface area contributed by atoms with Crippen molar-refractivity contribution < 1.29 is 0 Å². The number of hydrogen-bond donors (Lipinski definition) is 1. The zero-order valence-electron chi connectivity index (χ0n) is 11.7. The lowest BCUT2D eigenvalue weighted by Gasteiger charge is -2.06. The van der Waals surface area contributed by atoms with Crippen LogP contribution in [0.15, 0.2) is 65.4 Å². The smallest absolute Gasteiger partial charge is 0.161 e. The van der Waals surface area contributed by atoms with E-state index in [1.165, 1.54) is 5.56 Å². The van der Waals surface area contributed by atoms with Gasteiger partial charge in [0.15, 0.2) is 5.82 Å². The van der Waals surface area contributed by atoms with Gasteiger partial charge in [-0.25, -0.2) is 4.98 Å². The molecule has 0 atom stereocenters. The van der Waals surface area contributed by atoms with E-state index in [0.29, 0.717) is 0 Å². The van der Waals surface area contributed by atoms with Gasteiger partial charge in [-0.05, 0) is 23.8 Å². The highest BCUT2D eigenvalue weighted by Crippen LogP contribution is 2.27. The largest absolute Gasteiger partial charge is 0.325 e. The summed E-state index contributed by atoms with van der Waals surface area (Å²) in [7, 11) is 0. The second kappa shape index (κ2) is 5.42. The molecule has 4 rings (SSSR count). The van der Waals surface area contributed by atoms with Gasteiger partial charge in [-0.2, -0.15) is 5.10 Å². The number of rotatable bonds is 3. The third-order valence-electron chi connectivity index (χ3n) is 3.65. The number of nitrogens with zero attached hydrogens (tertiary/aromatic N) is 3. The van der Waals surface area contributed by atoms with Crippen LogP contribution in [0.25, 0.3) is 22.4 Å². The molecule has 0 radical (unpaired) electrons. The summed E-state index contributed by atoms with van der Waals surface area (Å²) in [6.07, 6.45) is 3.80. The molecular weight excluding hydrogens is 340 g/mol. The maximum absolute atomic E-state index is 4.50. The number of nitrogens with one attached hydrogen (secondary N) is 1. The Labute approximate surface area is 135 Å². The lowest BCUT2D eigenvalue weighted by Crippen LogP contribution is -2.01. The first kappa shape index (κ1) is 13.3. The molecule has 0 fully saturated rings. The van der Waals surface area contributed by atoms with Crippen LogP contribution in [0.1, 0.15) is 5.56 Å². The Morgan fingerprint density at radius 3 is 2.82 bits per heavy atom. The number of imidazole rings is 1. The van der Waals surface area contributed by atoms with E-state index >= 15 is 0 Å². The molecule has 2 aromatic heterocycles. The second-order valence-corrected chi connectivity index (χ2v) is 6.04. The Balaban J connectivity index is 1.78. The fourth-order valence-corrected chi connectivity index (χ4v) is 2.96. The third kappa shape index (κ3) is 2.33. The molecule has 22 heavy (non-hydrogen) atoms. The van der Waals surface area contributed by atoms with Crippen LogP contribution in [-0.2, 0) is 6.54 Å². The Hall–Kier alpha value is -2.40. The van der Waals surface area contributed by atoms with E-state index in [2.05, 4.69) is 53.9 Å². The molecule has 4 nitrogen and oxygen atoms in total. The summed E-state index contributed by atoms with van der Waals surface area (Å²) < 4.78 is 3.15. The Kier molecular flexibility index (Phi) is 3.27.